The first-order valence-corrected chi connectivity index (χ1v) is 8.48. The van der Waals surface area contributed by atoms with Gasteiger partial charge in [0.25, 0.3) is 0 Å². The Labute approximate surface area is 122 Å². The predicted molar refractivity (Wildman–Crippen MR) is 80.6 cm³/mol. The van der Waals surface area contributed by atoms with Gasteiger partial charge < -0.3 is 10.6 Å². The van der Waals surface area contributed by atoms with Crippen LogP contribution in [-0.4, -0.2) is 59.9 Å². The van der Waals surface area contributed by atoms with Crippen LogP contribution in [0, 0.1) is 0 Å². The van der Waals surface area contributed by atoms with Crippen molar-refractivity contribution in [1.82, 2.24) is 9.80 Å². The first-order valence-electron chi connectivity index (χ1n) is 8.48. The largest absolute Gasteiger partial charge is 0.328 e. The number of ketones is 1. The van der Waals surface area contributed by atoms with E-state index in [0.29, 0.717) is 11.8 Å². The number of carbonyl (C=O) groups is 1. The summed E-state index contributed by atoms with van der Waals surface area (Å²) in [7, 11) is 0. The van der Waals surface area contributed by atoms with Crippen molar-refractivity contribution in [3.05, 3.63) is 0 Å². The van der Waals surface area contributed by atoms with E-state index in [4.69, 9.17) is 5.73 Å². The fourth-order valence-electron chi connectivity index (χ4n) is 3.30. The third-order valence-electron chi connectivity index (χ3n) is 5.06. The maximum Gasteiger partial charge on any atom is 0.135 e. The Balaban J connectivity index is 0.000000121. The zero-order valence-electron chi connectivity index (χ0n) is 12.6. The highest BCUT2D eigenvalue weighted by Crippen LogP contribution is 2.29. The summed E-state index contributed by atoms with van der Waals surface area (Å²) < 4.78 is 0. The number of Topliss-reactive ketones (excluding diaryl/α,β-unsaturated/α-hetero) is 1. The molecule has 0 radical (unpaired) electrons. The molecule has 0 aromatic carbocycles. The monoisotopic (exact) mass is 279 g/mol. The number of likely N-dealkylation sites (tertiary alicyclic amines) is 2. The van der Waals surface area contributed by atoms with Gasteiger partial charge in [0.1, 0.15) is 5.78 Å². The number of nitrogens with two attached hydrogens (primary N) is 1. The van der Waals surface area contributed by atoms with Crippen molar-refractivity contribution in [1.29, 1.82) is 0 Å². The molecular formula is C16H29N3O. The van der Waals surface area contributed by atoms with Gasteiger partial charge >= 0.3 is 0 Å². The van der Waals surface area contributed by atoms with Gasteiger partial charge in [0.2, 0.25) is 0 Å². The van der Waals surface area contributed by atoms with E-state index in [0.717, 1.165) is 38.0 Å². The Morgan fingerprint density at radius 3 is 1.65 bits per heavy atom. The Bertz CT molecular complexity index is 321. The lowest BCUT2D eigenvalue weighted by Gasteiger charge is -2.29. The molecule has 0 spiro atoms. The van der Waals surface area contributed by atoms with Crippen molar-refractivity contribution in [2.75, 3.05) is 26.2 Å². The number of nitrogens with zero attached hydrogens (tertiary/aromatic N) is 2. The van der Waals surface area contributed by atoms with E-state index in [9.17, 15) is 4.79 Å². The van der Waals surface area contributed by atoms with E-state index >= 15 is 0 Å². The van der Waals surface area contributed by atoms with Gasteiger partial charge in [-0.15, -0.1) is 0 Å². The fourth-order valence-corrected chi connectivity index (χ4v) is 3.30. The molecule has 20 heavy (non-hydrogen) atoms. The second-order valence-electron chi connectivity index (χ2n) is 6.91. The molecule has 0 aromatic heterocycles. The lowest BCUT2D eigenvalue weighted by atomic mass is 10.1. The van der Waals surface area contributed by atoms with E-state index in [1.807, 2.05) is 0 Å². The molecule has 2 aliphatic carbocycles. The summed E-state index contributed by atoms with van der Waals surface area (Å²) >= 11 is 0. The van der Waals surface area contributed by atoms with Crippen LogP contribution in [0.25, 0.3) is 0 Å². The number of rotatable bonds is 2. The second kappa shape index (κ2) is 6.54. The van der Waals surface area contributed by atoms with E-state index < -0.39 is 0 Å². The summed E-state index contributed by atoms with van der Waals surface area (Å²) in [5, 5.41) is 0. The van der Waals surface area contributed by atoms with Crippen LogP contribution in [0.15, 0.2) is 0 Å². The van der Waals surface area contributed by atoms with Crippen LogP contribution in [0.1, 0.15) is 51.4 Å². The zero-order chi connectivity index (χ0) is 13.9. The van der Waals surface area contributed by atoms with Crippen molar-refractivity contribution in [3.8, 4) is 0 Å². The second-order valence-corrected chi connectivity index (χ2v) is 6.91. The van der Waals surface area contributed by atoms with Gasteiger partial charge in [-0.05, 0) is 51.6 Å². The van der Waals surface area contributed by atoms with Gasteiger partial charge in [0.05, 0.1) is 0 Å². The van der Waals surface area contributed by atoms with Gasteiger partial charge in [-0.2, -0.15) is 0 Å². The number of hydrogen-bond donors (Lipinski definition) is 1. The minimum absolute atomic E-state index is 0.455. The van der Waals surface area contributed by atoms with Crippen LogP contribution < -0.4 is 5.73 Å². The molecule has 4 rings (SSSR count). The van der Waals surface area contributed by atoms with Crippen LogP contribution in [-0.2, 0) is 4.79 Å². The summed E-state index contributed by atoms with van der Waals surface area (Å²) in [6, 6.07) is 2.30. The lowest BCUT2D eigenvalue weighted by Crippen LogP contribution is -2.40. The molecule has 2 heterocycles. The van der Waals surface area contributed by atoms with Crippen molar-refractivity contribution in [2.45, 2.75) is 69.5 Å². The Morgan fingerprint density at radius 1 is 0.750 bits per heavy atom. The Morgan fingerprint density at radius 2 is 1.20 bits per heavy atom. The van der Waals surface area contributed by atoms with Crippen LogP contribution in [0.4, 0.5) is 0 Å². The third kappa shape index (κ3) is 4.27. The third-order valence-corrected chi connectivity index (χ3v) is 5.06. The highest BCUT2D eigenvalue weighted by atomic mass is 16.1. The first kappa shape index (κ1) is 14.5. The molecule has 0 aromatic rings. The molecule has 0 unspecified atom stereocenters. The number of carbonyl (C=O) groups excluding carboxylic acids is 1. The zero-order valence-corrected chi connectivity index (χ0v) is 12.6. The molecule has 0 bridgehead atoms. The van der Waals surface area contributed by atoms with E-state index in [1.165, 1.54) is 51.6 Å². The highest BCUT2D eigenvalue weighted by Gasteiger charge is 2.31. The van der Waals surface area contributed by atoms with Crippen LogP contribution in [0.3, 0.4) is 0 Å². The normalized spacial score (nSPS) is 29.9. The molecule has 114 valence electrons. The van der Waals surface area contributed by atoms with Gasteiger partial charge in [0.15, 0.2) is 0 Å². The Hall–Kier alpha value is -0.450. The van der Waals surface area contributed by atoms with Gasteiger partial charge in [-0.25, -0.2) is 0 Å². The maximum atomic E-state index is 10.8. The standard InChI is InChI=1S/C8H16N2.C8H13NO/c9-7-3-5-10(6-4-7)8-1-2-8;10-8-3-5-9(6-4-8)7-1-2-7/h7-8H,1-6,9H2;7H,1-6H2. The molecule has 2 saturated carbocycles. The molecule has 4 nitrogen and oxygen atoms in total. The lowest BCUT2D eigenvalue weighted by molar-refractivity contribution is -0.121. The molecule has 2 N–H and O–H groups in total. The minimum Gasteiger partial charge on any atom is -0.328 e. The van der Waals surface area contributed by atoms with Crippen molar-refractivity contribution >= 4 is 5.78 Å². The van der Waals surface area contributed by atoms with Gasteiger partial charge in [-0.3, -0.25) is 9.69 Å². The van der Waals surface area contributed by atoms with Gasteiger partial charge in [0, 0.05) is 44.1 Å². The van der Waals surface area contributed by atoms with E-state index in [2.05, 4.69) is 9.80 Å². The topological polar surface area (TPSA) is 49.6 Å². The average Bonchev–Trinajstić information content (AvgIpc) is 3.33. The number of piperidine rings is 2. The maximum absolute atomic E-state index is 10.8. The molecule has 4 fully saturated rings. The summed E-state index contributed by atoms with van der Waals surface area (Å²) in [5.74, 6) is 0.455. The van der Waals surface area contributed by atoms with Crippen LogP contribution in [0.5, 0.6) is 0 Å². The van der Waals surface area contributed by atoms with Crippen LogP contribution >= 0.6 is 0 Å². The highest BCUT2D eigenvalue weighted by molar-refractivity contribution is 5.79. The molecule has 4 heteroatoms. The summed E-state index contributed by atoms with van der Waals surface area (Å²) in [6.07, 6.45) is 9.66. The van der Waals surface area contributed by atoms with Crippen molar-refractivity contribution in [2.24, 2.45) is 5.73 Å². The summed E-state index contributed by atoms with van der Waals surface area (Å²) in [5.41, 5.74) is 5.79. The molecule has 2 saturated heterocycles. The quantitative estimate of drug-likeness (QED) is 0.830. The minimum atomic E-state index is 0.455. The average molecular weight is 279 g/mol. The molecule has 4 aliphatic rings. The number of hydrogen-bond acceptors (Lipinski definition) is 4. The fraction of sp³-hybridized carbons (Fsp3) is 0.938. The smallest absolute Gasteiger partial charge is 0.135 e. The van der Waals surface area contributed by atoms with Crippen LogP contribution in [0.2, 0.25) is 0 Å². The molecule has 2 aliphatic heterocycles. The Kier molecular flexibility index (Phi) is 4.74. The van der Waals surface area contributed by atoms with E-state index in [-0.39, 0.29) is 0 Å². The molecule has 0 amide bonds. The van der Waals surface area contributed by atoms with Gasteiger partial charge in [-0.1, -0.05) is 0 Å². The summed E-state index contributed by atoms with van der Waals surface area (Å²) in [4.78, 5) is 15.9. The predicted octanol–water partition coefficient (Wildman–Crippen LogP) is 1.39. The van der Waals surface area contributed by atoms with Crippen molar-refractivity contribution < 1.29 is 4.79 Å². The first-order chi connectivity index (χ1) is 9.72. The van der Waals surface area contributed by atoms with Crippen molar-refractivity contribution in [3.63, 3.8) is 0 Å². The summed E-state index contributed by atoms with van der Waals surface area (Å²) in [6.45, 7) is 4.57. The SMILES string of the molecule is NC1CCN(C2CC2)CC1.O=C1CCN(C2CC2)CC1. The molecular weight excluding hydrogens is 250 g/mol. The molecule has 0 atom stereocenters. The van der Waals surface area contributed by atoms with E-state index in [1.54, 1.807) is 0 Å².